The van der Waals surface area contributed by atoms with Gasteiger partial charge >= 0.3 is 11.6 Å². The fourth-order valence-corrected chi connectivity index (χ4v) is 2.67. The van der Waals surface area contributed by atoms with Gasteiger partial charge in [-0.05, 0) is 49.4 Å². The largest absolute Gasteiger partial charge is 0.482 e. The molecule has 8 heteroatoms. The number of nitrogens with one attached hydrogen (secondary N) is 1. The molecule has 1 aromatic heterocycles. The molecule has 0 aliphatic heterocycles. The number of carbonyl (C=O) groups excluding carboxylic acids is 2. The van der Waals surface area contributed by atoms with Crippen molar-refractivity contribution in [3.8, 4) is 11.5 Å². The first-order valence-corrected chi connectivity index (χ1v) is 9.20. The third kappa shape index (κ3) is 4.77. The van der Waals surface area contributed by atoms with Gasteiger partial charge in [0, 0.05) is 22.5 Å². The molecular formula is C20H16BrNO6. The van der Waals surface area contributed by atoms with E-state index in [-0.39, 0.29) is 23.5 Å². The van der Waals surface area contributed by atoms with Crippen LogP contribution in [0.1, 0.15) is 17.3 Å². The molecule has 0 saturated carbocycles. The summed E-state index contributed by atoms with van der Waals surface area (Å²) in [7, 11) is 0. The Morgan fingerprint density at radius 3 is 2.50 bits per heavy atom. The molecule has 7 nitrogen and oxygen atoms in total. The maximum atomic E-state index is 12.0. The van der Waals surface area contributed by atoms with Gasteiger partial charge in [-0.1, -0.05) is 15.9 Å². The Bertz CT molecular complexity index is 1070. The summed E-state index contributed by atoms with van der Waals surface area (Å²) in [6.45, 7) is 1.87. The Labute approximate surface area is 168 Å². The minimum Gasteiger partial charge on any atom is -0.482 e. The number of halogens is 1. The summed E-state index contributed by atoms with van der Waals surface area (Å²) in [5.74, 6) is -0.379. The number of carbonyl (C=O) groups is 2. The van der Waals surface area contributed by atoms with Crippen molar-refractivity contribution in [1.29, 1.82) is 0 Å². The van der Waals surface area contributed by atoms with E-state index in [9.17, 15) is 14.4 Å². The molecule has 144 valence electrons. The van der Waals surface area contributed by atoms with Gasteiger partial charge in [0.25, 0.3) is 5.91 Å². The zero-order chi connectivity index (χ0) is 20.1. The van der Waals surface area contributed by atoms with E-state index in [1.165, 1.54) is 12.1 Å². The van der Waals surface area contributed by atoms with Gasteiger partial charge in [0.2, 0.25) is 0 Å². The van der Waals surface area contributed by atoms with Gasteiger partial charge in [-0.3, -0.25) is 4.79 Å². The van der Waals surface area contributed by atoms with E-state index >= 15 is 0 Å². The zero-order valence-electron chi connectivity index (χ0n) is 14.9. The van der Waals surface area contributed by atoms with Crippen molar-refractivity contribution < 1.29 is 23.5 Å². The van der Waals surface area contributed by atoms with Crippen molar-refractivity contribution in [3.05, 3.63) is 69.0 Å². The van der Waals surface area contributed by atoms with Crippen LogP contribution in [0, 0.1) is 0 Å². The third-order valence-corrected chi connectivity index (χ3v) is 4.22. The highest BCUT2D eigenvalue weighted by molar-refractivity contribution is 9.10. The number of hydrogen-bond donors (Lipinski definition) is 1. The Hall–Kier alpha value is -3.13. The molecule has 0 fully saturated rings. The number of ether oxygens (including phenoxy) is 2. The van der Waals surface area contributed by atoms with Crippen LogP contribution in [0.25, 0.3) is 11.0 Å². The molecule has 0 bridgehead atoms. The fraction of sp³-hybridized carbons (Fsp3) is 0.150. The van der Waals surface area contributed by atoms with Crippen molar-refractivity contribution in [3.63, 3.8) is 0 Å². The monoisotopic (exact) mass is 445 g/mol. The van der Waals surface area contributed by atoms with E-state index < -0.39 is 17.5 Å². The van der Waals surface area contributed by atoms with E-state index in [1.807, 2.05) is 0 Å². The van der Waals surface area contributed by atoms with Crippen LogP contribution in [0.5, 0.6) is 11.5 Å². The summed E-state index contributed by atoms with van der Waals surface area (Å²) in [6.07, 6.45) is 0. The van der Waals surface area contributed by atoms with Crippen LogP contribution in [0.3, 0.4) is 0 Å². The smallest absolute Gasteiger partial charge is 0.349 e. The van der Waals surface area contributed by atoms with Crippen molar-refractivity contribution in [2.45, 2.75) is 6.92 Å². The van der Waals surface area contributed by atoms with Crippen LogP contribution in [-0.2, 0) is 4.79 Å². The molecule has 0 radical (unpaired) electrons. The average molecular weight is 446 g/mol. The van der Waals surface area contributed by atoms with Gasteiger partial charge in [-0.2, -0.15) is 0 Å². The Kier molecular flexibility index (Phi) is 6.10. The van der Waals surface area contributed by atoms with E-state index in [1.54, 1.807) is 43.3 Å². The summed E-state index contributed by atoms with van der Waals surface area (Å²) < 4.78 is 16.6. The molecule has 0 aliphatic carbocycles. The predicted molar refractivity (Wildman–Crippen MR) is 106 cm³/mol. The average Bonchev–Trinajstić information content (AvgIpc) is 2.67. The van der Waals surface area contributed by atoms with Crippen LogP contribution in [-0.4, -0.2) is 25.0 Å². The van der Waals surface area contributed by atoms with Crippen LogP contribution < -0.4 is 20.4 Å². The van der Waals surface area contributed by atoms with Gasteiger partial charge in [0.1, 0.15) is 22.6 Å². The lowest BCUT2D eigenvalue weighted by molar-refractivity contribution is -0.136. The number of esters is 1. The van der Waals surface area contributed by atoms with E-state index in [0.29, 0.717) is 17.7 Å². The van der Waals surface area contributed by atoms with Crippen LogP contribution >= 0.6 is 15.9 Å². The normalized spacial score (nSPS) is 10.5. The zero-order valence-corrected chi connectivity index (χ0v) is 16.4. The molecule has 0 atom stereocenters. The molecule has 3 rings (SSSR count). The first-order chi connectivity index (χ1) is 13.5. The van der Waals surface area contributed by atoms with Crippen molar-refractivity contribution >= 4 is 38.8 Å². The summed E-state index contributed by atoms with van der Waals surface area (Å²) in [4.78, 5) is 35.8. The lowest BCUT2D eigenvalue weighted by Crippen LogP contribution is -2.27. The quantitative estimate of drug-likeness (QED) is 0.355. The first kappa shape index (κ1) is 19.6. The lowest BCUT2D eigenvalue weighted by atomic mass is 10.1. The minimum atomic E-state index is -0.763. The van der Waals surface area contributed by atoms with Gasteiger partial charge in [0.05, 0.1) is 0 Å². The summed E-state index contributed by atoms with van der Waals surface area (Å²) in [5, 5.41) is 3.08. The second kappa shape index (κ2) is 8.71. The molecule has 0 saturated heterocycles. The van der Waals surface area contributed by atoms with E-state index in [2.05, 4.69) is 21.2 Å². The highest BCUT2D eigenvalue weighted by atomic mass is 79.9. The summed E-state index contributed by atoms with van der Waals surface area (Å²) >= 11 is 3.31. The number of benzene rings is 2. The van der Waals surface area contributed by atoms with Gasteiger partial charge in [0.15, 0.2) is 6.61 Å². The van der Waals surface area contributed by atoms with Crippen LogP contribution in [0.15, 0.2) is 62.2 Å². The van der Waals surface area contributed by atoms with Crippen molar-refractivity contribution in [2.75, 3.05) is 13.2 Å². The predicted octanol–water partition coefficient (Wildman–Crippen LogP) is 3.29. The SMILES string of the molecule is CCNC(=O)c1cc2ccc(OC(=O)COc3ccc(Br)cc3)cc2oc1=O. The highest BCUT2D eigenvalue weighted by Gasteiger charge is 2.14. The standard InChI is InChI=1S/C20H16BrNO6/c1-2-22-19(24)16-9-12-3-6-15(10-17(12)28-20(16)25)27-18(23)11-26-14-7-4-13(21)5-8-14/h3-10H,2,11H2,1H3,(H,22,24). The first-order valence-electron chi connectivity index (χ1n) is 8.41. The second-order valence-corrected chi connectivity index (χ2v) is 6.64. The Morgan fingerprint density at radius 1 is 1.07 bits per heavy atom. The molecule has 1 N–H and O–H groups in total. The Morgan fingerprint density at radius 2 is 1.79 bits per heavy atom. The van der Waals surface area contributed by atoms with Crippen molar-refractivity contribution in [2.24, 2.45) is 0 Å². The maximum absolute atomic E-state index is 12.0. The molecule has 28 heavy (non-hydrogen) atoms. The molecule has 0 spiro atoms. The van der Waals surface area contributed by atoms with Crippen LogP contribution in [0.2, 0.25) is 0 Å². The number of rotatable bonds is 6. The molecule has 0 unspecified atom stereocenters. The molecule has 2 aromatic carbocycles. The molecule has 0 aliphatic rings. The lowest BCUT2D eigenvalue weighted by Gasteiger charge is -2.08. The number of fused-ring (bicyclic) bond motifs is 1. The van der Waals surface area contributed by atoms with Gasteiger partial charge in [-0.15, -0.1) is 0 Å². The molecule has 1 heterocycles. The number of hydrogen-bond acceptors (Lipinski definition) is 6. The van der Waals surface area contributed by atoms with E-state index in [0.717, 1.165) is 4.47 Å². The second-order valence-electron chi connectivity index (χ2n) is 5.72. The van der Waals surface area contributed by atoms with Gasteiger partial charge < -0.3 is 19.2 Å². The maximum Gasteiger partial charge on any atom is 0.349 e. The van der Waals surface area contributed by atoms with Gasteiger partial charge in [-0.25, -0.2) is 9.59 Å². The summed E-state index contributed by atoms with van der Waals surface area (Å²) in [6, 6.07) is 13.0. The molecular weight excluding hydrogens is 430 g/mol. The third-order valence-electron chi connectivity index (χ3n) is 3.69. The fourth-order valence-electron chi connectivity index (χ4n) is 2.40. The highest BCUT2D eigenvalue weighted by Crippen LogP contribution is 2.21. The van der Waals surface area contributed by atoms with E-state index in [4.69, 9.17) is 13.9 Å². The Balaban J connectivity index is 1.70. The molecule has 3 aromatic rings. The van der Waals surface area contributed by atoms with Crippen molar-refractivity contribution in [1.82, 2.24) is 5.32 Å². The number of amides is 1. The van der Waals surface area contributed by atoms with Crippen LogP contribution in [0.4, 0.5) is 0 Å². The molecule has 1 amide bonds. The minimum absolute atomic E-state index is 0.0815. The topological polar surface area (TPSA) is 94.8 Å². The summed E-state index contributed by atoms with van der Waals surface area (Å²) in [5.41, 5.74) is -0.639.